The van der Waals surface area contributed by atoms with E-state index in [2.05, 4.69) is 18.7 Å². The lowest BCUT2D eigenvalue weighted by molar-refractivity contribution is -0.144. The Morgan fingerprint density at radius 3 is 2.44 bits per heavy atom. The summed E-state index contributed by atoms with van der Waals surface area (Å²) in [5.41, 5.74) is 0. The predicted octanol–water partition coefficient (Wildman–Crippen LogP) is 2.89. The summed E-state index contributed by atoms with van der Waals surface area (Å²) in [5.74, 6) is -0.637. The van der Waals surface area contributed by atoms with Gasteiger partial charge in [0, 0.05) is 6.04 Å². The lowest BCUT2D eigenvalue weighted by Crippen LogP contribution is -2.46. The molecule has 0 heterocycles. The van der Waals surface area contributed by atoms with E-state index >= 15 is 0 Å². The first kappa shape index (κ1) is 13.5. The lowest BCUT2D eigenvalue weighted by Gasteiger charge is -2.33. The Labute approximate surface area is 98.8 Å². The smallest absolute Gasteiger partial charge is 0.320 e. The summed E-state index contributed by atoms with van der Waals surface area (Å²) in [6, 6.07) is 0.260. The SMILES string of the molecule is CCCCC(C(=O)O)N(CC)C1CCCC1. The summed E-state index contributed by atoms with van der Waals surface area (Å²) >= 11 is 0. The summed E-state index contributed by atoms with van der Waals surface area (Å²) in [6.45, 7) is 5.07. The number of carbonyl (C=O) groups is 1. The third kappa shape index (κ3) is 3.48. The molecule has 1 saturated carbocycles. The second-order valence-electron chi connectivity index (χ2n) is 4.76. The number of carboxylic acid groups (broad SMARTS) is 1. The van der Waals surface area contributed by atoms with Crippen LogP contribution in [0.2, 0.25) is 0 Å². The van der Waals surface area contributed by atoms with Gasteiger partial charge in [-0.2, -0.15) is 0 Å². The van der Waals surface area contributed by atoms with E-state index < -0.39 is 5.97 Å². The molecular weight excluding hydrogens is 202 g/mol. The minimum atomic E-state index is -0.637. The minimum Gasteiger partial charge on any atom is -0.480 e. The Kier molecular flexibility index (Phi) is 5.81. The zero-order valence-electron chi connectivity index (χ0n) is 10.6. The molecule has 1 rings (SSSR count). The van der Waals surface area contributed by atoms with Crippen LogP contribution in [0.5, 0.6) is 0 Å². The average Bonchev–Trinajstić information content (AvgIpc) is 2.76. The largest absolute Gasteiger partial charge is 0.480 e. The highest BCUT2D eigenvalue weighted by atomic mass is 16.4. The van der Waals surface area contributed by atoms with Gasteiger partial charge in [0.05, 0.1) is 0 Å². The molecule has 1 unspecified atom stereocenters. The highest BCUT2D eigenvalue weighted by Gasteiger charge is 2.31. The van der Waals surface area contributed by atoms with Crippen molar-refractivity contribution in [1.29, 1.82) is 0 Å². The fraction of sp³-hybridized carbons (Fsp3) is 0.923. The summed E-state index contributed by atoms with van der Waals surface area (Å²) in [7, 11) is 0. The standard InChI is InChI=1S/C13H25NO2/c1-3-5-10-12(13(15)16)14(4-2)11-8-6-7-9-11/h11-12H,3-10H2,1-2H3,(H,15,16). The number of hydrogen-bond donors (Lipinski definition) is 1. The Balaban J connectivity index is 2.60. The summed E-state index contributed by atoms with van der Waals surface area (Å²) in [5, 5.41) is 9.32. The molecule has 0 aromatic heterocycles. The van der Waals surface area contributed by atoms with Crippen molar-refractivity contribution in [3.63, 3.8) is 0 Å². The van der Waals surface area contributed by atoms with Gasteiger partial charge in [-0.25, -0.2) is 0 Å². The quantitative estimate of drug-likeness (QED) is 0.727. The van der Waals surface area contributed by atoms with E-state index in [1.54, 1.807) is 0 Å². The fourth-order valence-electron chi connectivity index (χ4n) is 2.80. The topological polar surface area (TPSA) is 40.5 Å². The highest BCUT2D eigenvalue weighted by molar-refractivity contribution is 5.73. The third-order valence-electron chi connectivity index (χ3n) is 3.68. The Morgan fingerprint density at radius 1 is 1.38 bits per heavy atom. The van der Waals surface area contributed by atoms with E-state index in [4.69, 9.17) is 0 Å². The van der Waals surface area contributed by atoms with Crippen molar-refractivity contribution in [1.82, 2.24) is 4.90 Å². The van der Waals surface area contributed by atoms with Crippen molar-refractivity contribution in [2.24, 2.45) is 0 Å². The average molecular weight is 227 g/mol. The minimum absolute atomic E-state index is 0.256. The van der Waals surface area contributed by atoms with Crippen LogP contribution in [0.25, 0.3) is 0 Å². The monoisotopic (exact) mass is 227 g/mol. The molecule has 1 aliphatic carbocycles. The zero-order chi connectivity index (χ0) is 12.0. The molecule has 3 nitrogen and oxygen atoms in total. The van der Waals surface area contributed by atoms with Gasteiger partial charge in [0.2, 0.25) is 0 Å². The van der Waals surface area contributed by atoms with Gasteiger partial charge in [-0.3, -0.25) is 9.69 Å². The van der Waals surface area contributed by atoms with Crippen LogP contribution in [0, 0.1) is 0 Å². The molecule has 1 N–H and O–H groups in total. The van der Waals surface area contributed by atoms with Gasteiger partial charge in [0.1, 0.15) is 6.04 Å². The van der Waals surface area contributed by atoms with Crippen molar-refractivity contribution in [3.8, 4) is 0 Å². The van der Waals surface area contributed by atoms with Gasteiger partial charge in [-0.05, 0) is 25.8 Å². The fourth-order valence-corrected chi connectivity index (χ4v) is 2.80. The van der Waals surface area contributed by atoms with Crippen molar-refractivity contribution in [2.45, 2.75) is 70.9 Å². The van der Waals surface area contributed by atoms with E-state index in [9.17, 15) is 9.90 Å². The lowest BCUT2D eigenvalue weighted by atomic mass is 10.1. The number of likely N-dealkylation sites (N-methyl/N-ethyl adjacent to an activating group) is 1. The molecule has 0 spiro atoms. The molecule has 16 heavy (non-hydrogen) atoms. The molecule has 0 aromatic rings. The van der Waals surface area contributed by atoms with Gasteiger partial charge in [0.15, 0.2) is 0 Å². The molecule has 94 valence electrons. The van der Waals surface area contributed by atoms with Crippen LogP contribution in [0.4, 0.5) is 0 Å². The van der Waals surface area contributed by atoms with E-state index in [0.29, 0.717) is 6.04 Å². The molecular formula is C13H25NO2. The van der Waals surface area contributed by atoms with Gasteiger partial charge < -0.3 is 5.11 Å². The van der Waals surface area contributed by atoms with E-state index in [1.165, 1.54) is 25.7 Å². The second kappa shape index (κ2) is 6.89. The highest BCUT2D eigenvalue weighted by Crippen LogP contribution is 2.26. The molecule has 0 radical (unpaired) electrons. The normalized spacial score (nSPS) is 19.2. The van der Waals surface area contributed by atoms with Gasteiger partial charge in [0.25, 0.3) is 0 Å². The number of aliphatic carboxylic acids is 1. The van der Waals surface area contributed by atoms with Crippen molar-refractivity contribution >= 4 is 5.97 Å². The molecule has 1 aliphatic rings. The molecule has 0 aromatic carbocycles. The summed E-state index contributed by atoms with van der Waals surface area (Å²) < 4.78 is 0. The van der Waals surface area contributed by atoms with Crippen molar-refractivity contribution < 1.29 is 9.90 Å². The maximum atomic E-state index is 11.3. The Bertz CT molecular complexity index is 212. The van der Waals surface area contributed by atoms with Crippen LogP contribution in [-0.4, -0.2) is 34.6 Å². The molecule has 1 atom stereocenters. The van der Waals surface area contributed by atoms with Crippen LogP contribution >= 0.6 is 0 Å². The van der Waals surface area contributed by atoms with Gasteiger partial charge in [-0.15, -0.1) is 0 Å². The van der Waals surface area contributed by atoms with E-state index in [1.807, 2.05) is 0 Å². The first-order valence-electron chi connectivity index (χ1n) is 6.69. The maximum Gasteiger partial charge on any atom is 0.320 e. The maximum absolute atomic E-state index is 11.3. The van der Waals surface area contributed by atoms with E-state index in [-0.39, 0.29) is 6.04 Å². The number of hydrogen-bond acceptors (Lipinski definition) is 2. The molecule has 0 amide bonds. The van der Waals surface area contributed by atoms with Gasteiger partial charge >= 0.3 is 5.97 Å². The number of nitrogens with zero attached hydrogens (tertiary/aromatic N) is 1. The molecule has 3 heteroatoms. The third-order valence-corrected chi connectivity index (χ3v) is 3.68. The molecule has 0 bridgehead atoms. The van der Waals surface area contributed by atoms with Crippen LogP contribution in [0.15, 0.2) is 0 Å². The van der Waals surface area contributed by atoms with E-state index in [0.717, 1.165) is 25.8 Å². The van der Waals surface area contributed by atoms with Crippen molar-refractivity contribution in [2.75, 3.05) is 6.54 Å². The van der Waals surface area contributed by atoms with Gasteiger partial charge in [-0.1, -0.05) is 39.5 Å². The summed E-state index contributed by atoms with van der Waals surface area (Å²) in [4.78, 5) is 13.5. The number of rotatable bonds is 7. The Hall–Kier alpha value is -0.570. The zero-order valence-corrected chi connectivity index (χ0v) is 10.6. The van der Waals surface area contributed by atoms with Crippen molar-refractivity contribution in [3.05, 3.63) is 0 Å². The molecule has 0 saturated heterocycles. The van der Waals surface area contributed by atoms with Crippen LogP contribution in [0.3, 0.4) is 0 Å². The second-order valence-corrected chi connectivity index (χ2v) is 4.76. The number of unbranched alkanes of at least 4 members (excludes halogenated alkanes) is 1. The number of carboxylic acids is 1. The van der Waals surface area contributed by atoms with Crippen LogP contribution < -0.4 is 0 Å². The molecule has 0 aliphatic heterocycles. The first-order valence-corrected chi connectivity index (χ1v) is 6.69. The Morgan fingerprint density at radius 2 is 2.00 bits per heavy atom. The van der Waals surface area contributed by atoms with Crippen LogP contribution in [0.1, 0.15) is 58.8 Å². The van der Waals surface area contributed by atoms with Crippen LogP contribution in [-0.2, 0) is 4.79 Å². The summed E-state index contributed by atoms with van der Waals surface area (Å²) in [6.07, 6.45) is 7.79. The first-order chi connectivity index (χ1) is 7.70. The predicted molar refractivity (Wildman–Crippen MR) is 65.6 cm³/mol. The molecule has 1 fully saturated rings.